The minimum absolute atomic E-state index is 0.0945. The number of carbonyl (C=O) groups excluding carboxylic acids is 2. The number of carbonyl (C=O) groups is 2. The first-order valence-electron chi connectivity index (χ1n) is 6.08. The molecule has 1 amide bonds. The lowest BCUT2D eigenvalue weighted by Crippen LogP contribution is -2.03. The van der Waals surface area contributed by atoms with E-state index in [1.54, 1.807) is 30.3 Å². The Bertz CT molecular complexity index is 789. The Morgan fingerprint density at radius 3 is 2.62 bits per heavy atom. The van der Waals surface area contributed by atoms with Crippen molar-refractivity contribution in [2.24, 2.45) is 0 Å². The highest BCUT2D eigenvalue weighted by Crippen LogP contribution is 2.31. The van der Waals surface area contributed by atoms with E-state index >= 15 is 0 Å². The fourth-order valence-electron chi connectivity index (χ4n) is 2.21. The number of amides is 1. The fraction of sp³-hybridized carbons (Fsp3) is 0.0667. The quantitative estimate of drug-likeness (QED) is 0.568. The Labute approximate surface area is 144 Å². The summed E-state index contributed by atoms with van der Waals surface area (Å²) in [6.45, 7) is 0. The third-order valence-electron chi connectivity index (χ3n) is 3.24. The van der Waals surface area contributed by atoms with Crippen LogP contribution >= 0.6 is 45.8 Å². The highest BCUT2D eigenvalue weighted by Gasteiger charge is 2.22. The molecule has 0 saturated carbocycles. The first-order valence-corrected chi connectivity index (χ1v) is 7.91. The van der Waals surface area contributed by atoms with Crippen LogP contribution < -0.4 is 5.32 Å². The average molecular weight is 432 g/mol. The Balaban J connectivity index is 2.04. The lowest BCUT2D eigenvalue weighted by atomic mass is 10.00. The number of hydrogen-bond acceptors (Lipinski definition) is 2. The number of fused-ring (bicyclic) bond motifs is 1. The van der Waals surface area contributed by atoms with Gasteiger partial charge < -0.3 is 5.32 Å². The minimum Gasteiger partial charge on any atom is -0.325 e. The molecule has 0 bridgehead atoms. The van der Waals surface area contributed by atoms with Gasteiger partial charge in [0.05, 0.1) is 16.5 Å². The van der Waals surface area contributed by atoms with E-state index in [1.807, 2.05) is 0 Å². The number of anilines is 1. The van der Waals surface area contributed by atoms with E-state index in [0.717, 1.165) is 9.13 Å². The van der Waals surface area contributed by atoms with E-state index in [1.165, 1.54) is 0 Å². The second kappa shape index (κ2) is 5.59. The van der Waals surface area contributed by atoms with Gasteiger partial charge in [0, 0.05) is 20.4 Å². The maximum atomic E-state index is 12.6. The van der Waals surface area contributed by atoms with Gasteiger partial charge in [0.15, 0.2) is 5.78 Å². The molecule has 2 aromatic carbocycles. The Kier molecular flexibility index (Phi) is 3.94. The molecule has 106 valence electrons. The van der Waals surface area contributed by atoms with E-state index < -0.39 is 0 Å². The van der Waals surface area contributed by atoms with Crippen molar-refractivity contribution in [1.82, 2.24) is 0 Å². The number of hydrogen-bond donors (Lipinski definition) is 1. The van der Waals surface area contributed by atoms with Crippen molar-refractivity contribution in [2.75, 3.05) is 5.32 Å². The molecule has 1 N–H and O–H groups in total. The van der Waals surface area contributed by atoms with Gasteiger partial charge in [0.1, 0.15) is 0 Å². The number of ketones is 1. The molecular weight excluding hydrogens is 424 g/mol. The highest BCUT2D eigenvalue weighted by molar-refractivity contribution is 14.1. The number of halogens is 3. The van der Waals surface area contributed by atoms with Gasteiger partial charge in [-0.1, -0.05) is 23.2 Å². The standard InChI is InChI=1S/C15H8Cl2INO2/c16-10-6-13-8(5-14(20)19-13)3-9(10)15(21)7-1-2-12(18)11(17)4-7/h1-4,6H,5H2,(H,19,20). The summed E-state index contributed by atoms with van der Waals surface area (Å²) >= 11 is 14.3. The Hall–Kier alpha value is -1.11. The maximum absolute atomic E-state index is 12.6. The van der Waals surface area contributed by atoms with Crippen LogP contribution in [0.15, 0.2) is 30.3 Å². The molecule has 0 atom stereocenters. The monoisotopic (exact) mass is 431 g/mol. The second-order valence-corrected chi connectivity index (χ2v) is 6.65. The summed E-state index contributed by atoms with van der Waals surface area (Å²) in [5.74, 6) is -0.302. The van der Waals surface area contributed by atoms with Crippen LogP contribution in [0.1, 0.15) is 21.5 Å². The SMILES string of the molecule is O=C1Cc2cc(C(=O)c3ccc(I)c(Cl)c3)c(Cl)cc2N1. The number of benzene rings is 2. The van der Waals surface area contributed by atoms with E-state index in [9.17, 15) is 9.59 Å². The van der Waals surface area contributed by atoms with Crippen molar-refractivity contribution in [3.63, 3.8) is 0 Å². The lowest BCUT2D eigenvalue weighted by Gasteiger charge is -2.08. The van der Waals surface area contributed by atoms with E-state index in [-0.39, 0.29) is 18.1 Å². The third kappa shape index (κ3) is 2.80. The van der Waals surface area contributed by atoms with Crippen molar-refractivity contribution >= 4 is 63.2 Å². The fourth-order valence-corrected chi connectivity index (χ4v) is 2.98. The van der Waals surface area contributed by atoms with Crippen LogP contribution in [0.3, 0.4) is 0 Å². The molecular formula is C15H8Cl2INO2. The van der Waals surface area contributed by atoms with Crippen molar-refractivity contribution in [3.8, 4) is 0 Å². The van der Waals surface area contributed by atoms with Gasteiger partial charge in [0.25, 0.3) is 0 Å². The topological polar surface area (TPSA) is 46.2 Å². The van der Waals surface area contributed by atoms with Crippen LogP contribution in [0.5, 0.6) is 0 Å². The van der Waals surface area contributed by atoms with Crippen molar-refractivity contribution in [1.29, 1.82) is 0 Å². The summed E-state index contributed by atoms with van der Waals surface area (Å²) in [5, 5.41) is 3.54. The van der Waals surface area contributed by atoms with Crippen LogP contribution in [-0.4, -0.2) is 11.7 Å². The molecule has 0 unspecified atom stereocenters. The molecule has 1 aliphatic heterocycles. The zero-order chi connectivity index (χ0) is 15.1. The zero-order valence-corrected chi connectivity index (χ0v) is 14.2. The summed E-state index contributed by atoms with van der Waals surface area (Å²) in [6.07, 6.45) is 0.264. The normalized spacial score (nSPS) is 13.0. The van der Waals surface area contributed by atoms with Crippen LogP contribution in [0.2, 0.25) is 10.0 Å². The van der Waals surface area contributed by atoms with Gasteiger partial charge >= 0.3 is 0 Å². The summed E-state index contributed by atoms with van der Waals surface area (Å²) in [5.41, 5.74) is 2.30. The number of rotatable bonds is 2. The van der Waals surface area contributed by atoms with E-state index in [2.05, 4.69) is 27.9 Å². The van der Waals surface area contributed by atoms with Gasteiger partial charge in [-0.3, -0.25) is 9.59 Å². The molecule has 0 aromatic heterocycles. The molecule has 1 heterocycles. The van der Waals surface area contributed by atoms with Gasteiger partial charge in [0.2, 0.25) is 5.91 Å². The zero-order valence-electron chi connectivity index (χ0n) is 10.5. The molecule has 0 saturated heterocycles. The molecule has 2 aromatic rings. The first-order chi connectivity index (χ1) is 9.95. The number of nitrogens with one attached hydrogen (secondary N) is 1. The molecule has 0 fully saturated rings. The van der Waals surface area contributed by atoms with Crippen molar-refractivity contribution in [3.05, 3.63) is 60.6 Å². The Morgan fingerprint density at radius 2 is 1.90 bits per heavy atom. The first kappa shape index (κ1) is 14.8. The highest BCUT2D eigenvalue weighted by atomic mass is 127. The maximum Gasteiger partial charge on any atom is 0.228 e. The van der Waals surface area contributed by atoms with Crippen molar-refractivity contribution in [2.45, 2.75) is 6.42 Å². The molecule has 1 aliphatic rings. The van der Waals surface area contributed by atoms with Gasteiger partial charge in [-0.05, 0) is 58.5 Å². The predicted molar refractivity (Wildman–Crippen MR) is 91.4 cm³/mol. The largest absolute Gasteiger partial charge is 0.325 e. The van der Waals surface area contributed by atoms with Gasteiger partial charge in [-0.25, -0.2) is 0 Å². The van der Waals surface area contributed by atoms with Crippen LogP contribution in [-0.2, 0) is 11.2 Å². The second-order valence-electron chi connectivity index (χ2n) is 4.67. The van der Waals surface area contributed by atoms with Crippen LogP contribution in [0.4, 0.5) is 5.69 Å². The van der Waals surface area contributed by atoms with Crippen LogP contribution in [0.25, 0.3) is 0 Å². The predicted octanol–water partition coefficient (Wildman–Crippen LogP) is 4.32. The van der Waals surface area contributed by atoms with Gasteiger partial charge in [-0.2, -0.15) is 0 Å². The summed E-state index contributed by atoms with van der Waals surface area (Å²) in [6, 6.07) is 8.40. The lowest BCUT2D eigenvalue weighted by molar-refractivity contribution is -0.115. The molecule has 0 spiro atoms. The van der Waals surface area contributed by atoms with Crippen LogP contribution in [0, 0.1) is 3.57 Å². The van der Waals surface area contributed by atoms with E-state index in [0.29, 0.717) is 26.9 Å². The summed E-state index contributed by atoms with van der Waals surface area (Å²) in [7, 11) is 0. The Morgan fingerprint density at radius 1 is 1.14 bits per heavy atom. The van der Waals surface area contributed by atoms with Crippen molar-refractivity contribution < 1.29 is 9.59 Å². The minimum atomic E-state index is -0.208. The molecule has 3 rings (SSSR count). The molecule has 6 heteroatoms. The molecule has 0 aliphatic carbocycles. The molecule has 0 radical (unpaired) electrons. The van der Waals surface area contributed by atoms with E-state index in [4.69, 9.17) is 23.2 Å². The third-order valence-corrected chi connectivity index (χ3v) is 5.13. The summed E-state index contributed by atoms with van der Waals surface area (Å²) in [4.78, 5) is 23.9. The molecule has 21 heavy (non-hydrogen) atoms. The summed E-state index contributed by atoms with van der Waals surface area (Å²) < 4.78 is 0.876. The van der Waals surface area contributed by atoms with Gasteiger partial charge in [-0.15, -0.1) is 0 Å². The molecule has 3 nitrogen and oxygen atoms in total. The average Bonchev–Trinajstić information content (AvgIpc) is 2.79. The smallest absolute Gasteiger partial charge is 0.228 e.